The van der Waals surface area contributed by atoms with E-state index in [1.807, 2.05) is 24.3 Å². The molecule has 1 nitrogen and oxygen atoms in total. The Morgan fingerprint density at radius 1 is 1.45 bits per heavy atom. The maximum absolute atomic E-state index is 9.43. The molecule has 0 radical (unpaired) electrons. The zero-order chi connectivity index (χ0) is 7.84. The summed E-state index contributed by atoms with van der Waals surface area (Å²) in [4.78, 5) is 0. The zero-order valence-corrected chi connectivity index (χ0v) is 7.28. The third-order valence-corrected chi connectivity index (χ3v) is 3.23. The van der Waals surface area contributed by atoms with Gasteiger partial charge in [0.2, 0.25) is 0 Å². The number of hydrogen-bond acceptors (Lipinski definition) is 3. The second-order valence-corrected chi connectivity index (χ2v) is 4.19. The highest BCUT2D eigenvalue weighted by Gasteiger charge is 2.27. The van der Waals surface area contributed by atoms with E-state index in [2.05, 4.69) is 0 Å². The molecule has 0 aromatic rings. The molecule has 0 aromatic heterocycles. The van der Waals surface area contributed by atoms with Crippen molar-refractivity contribution in [3.63, 3.8) is 0 Å². The predicted molar refractivity (Wildman–Crippen MR) is 51.9 cm³/mol. The highest BCUT2D eigenvalue weighted by atomic mass is 32.2. The molecule has 0 amide bonds. The van der Waals surface area contributed by atoms with Gasteiger partial charge in [0.1, 0.15) is 9.96 Å². The minimum absolute atomic E-state index is 0.257. The summed E-state index contributed by atoms with van der Waals surface area (Å²) in [6.07, 6.45) is 7.83. The normalized spacial score (nSPS) is 28.0. The lowest BCUT2D eigenvalue weighted by Crippen LogP contribution is -1.98. The molecule has 0 fully saturated rings. The molecule has 1 aliphatic heterocycles. The fourth-order valence-electron chi connectivity index (χ4n) is 1.13. The van der Waals surface area contributed by atoms with Gasteiger partial charge in [0.25, 0.3) is 0 Å². The minimum atomic E-state index is 0.257. The van der Waals surface area contributed by atoms with Crippen molar-refractivity contribution < 1.29 is 5.11 Å². The molecule has 1 N–H and O–H groups in total. The van der Waals surface area contributed by atoms with E-state index < -0.39 is 0 Å². The molecular formula is C8H6OS2. The molecule has 2 rings (SSSR count). The van der Waals surface area contributed by atoms with Crippen molar-refractivity contribution in [2.75, 3.05) is 0 Å². The number of hydrogen-bond donors (Lipinski definition) is 1. The monoisotopic (exact) mass is 182 g/mol. The van der Waals surface area contributed by atoms with Gasteiger partial charge in [-0.1, -0.05) is 48.3 Å². The molecule has 1 unspecified atom stereocenters. The Kier molecular flexibility index (Phi) is 1.62. The first-order valence-electron chi connectivity index (χ1n) is 3.28. The number of rotatable bonds is 0. The quantitative estimate of drug-likeness (QED) is 0.581. The molecule has 0 bridgehead atoms. The third kappa shape index (κ3) is 1.04. The van der Waals surface area contributed by atoms with Gasteiger partial charge in [0, 0.05) is 5.57 Å². The van der Waals surface area contributed by atoms with E-state index in [-0.39, 0.29) is 11.0 Å². The summed E-state index contributed by atoms with van der Waals surface area (Å²) in [6, 6.07) is 0. The molecule has 56 valence electrons. The first kappa shape index (κ1) is 7.13. The Bertz CT molecular complexity index is 299. The Labute approximate surface area is 74.5 Å². The van der Waals surface area contributed by atoms with E-state index in [4.69, 9.17) is 12.2 Å². The van der Waals surface area contributed by atoms with E-state index in [9.17, 15) is 5.11 Å². The summed E-state index contributed by atoms with van der Waals surface area (Å²) < 4.78 is 0.612. The van der Waals surface area contributed by atoms with E-state index in [0.29, 0.717) is 4.20 Å². The number of fused-ring (bicyclic) bond motifs is 1. The number of thiocarbonyl (C=S) groups is 1. The minimum Gasteiger partial charge on any atom is -0.506 e. The van der Waals surface area contributed by atoms with Gasteiger partial charge in [-0.25, -0.2) is 0 Å². The van der Waals surface area contributed by atoms with Gasteiger partial charge in [0.15, 0.2) is 0 Å². The second kappa shape index (κ2) is 2.50. The van der Waals surface area contributed by atoms with Crippen LogP contribution in [0.4, 0.5) is 0 Å². The fourth-order valence-corrected chi connectivity index (χ4v) is 2.50. The SMILES string of the molecule is OC1=C2C=CC=CC2SC1=S. The maximum atomic E-state index is 9.43. The Morgan fingerprint density at radius 3 is 3.00 bits per heavy atom. The van der Waals surface area contributed by atoms with Crippen LogP contribution in [0.15, 0.2) is 35.6 Å². The van der Waals surface area contributed by atoms with Gasteiger partial charge < -0.3 is 5.11 Å². The number of aliphatic hydroxyl groups is 1. The zero-order valence-electron chi connectivity index (χ0n) is 5.65. The standard InChI is InChI=1S/C8H6OS2/c9-7-5-3-1-2-4-6(5)11-8(7)10/h1-4,6,9H. The van der Waals surface area contributed by atoms with Crippen molar-refractivity contribution in [1.29, 1.82) is 0 Å². The van der Waals surface area contributed by atoms with Crippen LogP contribution in [-0.4, -0.2) is 14.6 Å². The van der Waals surface area contributed by atoms with E-state index in [1.54, 1.807) is 0 Å². The van der Waals surface area contributed by atoms with Gasteiger partial charge in [-0.2, -0.15) is 0 Å². The molecule has 1 atom stereocenters. The van der Waals surface area contributed by atoms with Crippen LogP contribution in [0.5, 0.6) is 0 Å². The topological polar surface area (TPSA) is 20.2 Å². The van der Waals surface area contributed by atoms with Gasteiger partial charge in [-0.3, -0.25) is 0 Å². The highest BCUT2D eigenvalue weighted by molar-refractivity contribution is 8.24. The lowest BCUT2D eigenvalue weighted by molar-refractivity contribution is 0.443. The Hall–Kier alpha value is -0.540. The van der Waals surface area contributed by atoms with Gasteiger partial charge >= 0.3 is 0 Å². The molecular weight excluding hydrogens is 176 g/mol. The highest BCUT2D eigenvalue weighted by Crippen LogP contribution is 2.36. The van der Waals surface area contributed by atoms with Gasteiger partial charge in [0.05, 0.1) is 5.25 Å². The van der Waals surface area contributed by atoms with Crippen molar-refractivity contribution in [1.82, 2.24) is 0 Å². The first-order chi connectivity index (χ1) is 5.29. The second-order valence-electron chi connectivity index (χ2n) is 2.37. The molecule has 2 aliphatic rings. The summed E-state index contributed by atoms with van der Waals surface area (Å²) in [5.74, 6) is 0.288. The summed E-state index contributed by atoms with van der Waals surface area (Å²) >= 11 is 6.47. The van der Waals surface area contributed by atoms with Crippen LogP contribution in [0.2, 0.25) is 0 Å². The summed E-state index contributed by atoms with van der Waals surface area (Å²) in [6.45, 7) is 0. The third-order valence-electron chi connectivity index (χ3n) is 1.68. The molecule has 11 heavy (non-hydrogen) atoms. The van der Waals surface area contributed by atoms with Gasteiger partial charge in [-0.15, -0.1) is 0 Å². The largest absolute Gasteiger partial charge is 0.506 e. The molecule has 1 aliphatic carbocycles. The van der Waals surface area contributed by atoms with Crippen LogP contribution in [-0.2, 0) is 0 Å². The first-order valence-corrected chi connectivity index (χ1v) is 4.57. The summed E-state index contributed by atoms with van der Waals surface area (Å²) in [5, 5.41) is 9.68. The smallest absolute Gasteiger partial charge is 0.144 e. The number of aliphatic hydroxyl groups excluding tert-OH is 1. The number of allylic oxidation sites excluding steroid dienone is 3. The van der Waals surface area contributed by atoms with Gasteiger partial charge in [-0.05, 0) is 0 Å². The Morgan fingerprint density at radius 2 is 2.27 bits per heavy atom. The lowest BCUT2D eigenvalue weighted by Gasteiger charge is -2.06. The van der Waals surface area contributed by atoms with Crippen molar-refractivity contribution in [2.45, 2.75) is 5.25 Å². The van der Waals surface area contributed by atoms with Crippen LogP contribution in [0.3, 0.4) is 0 Å². The summed E-state index contributed by atoms with van der Waals surface area (Å²) in [7, 11) is 0. The van der Waals surface area contributed by atoms with E-state index in [0.717, 1.165) is 5.57 Å². The van der Waals surface area contributed by atoms with Crippen LogP contribution in [0.25, 0.3) is 0 Å². The Balaban J connectivity index is 2.47. The van der Waals surface area contributed by atoms with Crippen molar-refractivity contribution in [3.05, 3.63) is 35.6 Å². The maximum Gasteiger partial charge on any atom is 0.144 e. The summed E-state index contributed by atoms with van der Waals surface area (Å²) in [5.41, 5.74) is 0.947. The number of thioether (sulfide) groups is 1. The van der Waals surface area contributed by atoms with E-state index in [1.165, 1.54) is 11.8 Å². The van der Waals surface area contributed by atoms with Crippen LogP contribution in [0, 0.1) is 0 Å². The van der Waals surface area contributed by atoms with Crippen molar-refractivity contribution in [2.24, 2.45) is 0 Å². The fraction of sp³-hybridized carbons (Fsp3) is 0.125. The average Bonchev–Trinajstić information content (AvgIpc) is 2.30. The molecule has 0 aromatic carbocycles. The lowest BCUT2D eigenvalue weighted by atomic mass is 10.1. The van der Waals surface area contributed by atoms with Crippen LogP contribution < -0.4 is 0 Å². The molecule has 0 spiro atoms. The van der Waals surface area contributed by atoms with E-state index >= 15 is 0 Å². The molecule has 1 heterocycles. The molecule has 3 heteroatoms. The van der Waals surface area contributed by atoms with Crippen LogP contribution >= 0.6 is 24.0 Å². The van der Waals surface area contributed by atoms with Crippen LogP contribution in [0.1, 0.15) is 0 Å². The predicted octanol–water partition coefficient (Wildman–Crippen LogP) is 2.37. The van der Waals surface area contributed by atoms with Crippen molar-refractivity contribution in [3.8, 4) is 0 Å². The average molecular weight is 182 g/mol. The van der Waals surface area contributed by atoms with Crippen molar-refractivity contribution >= 4 is 28.2 Å². The molecule has 0 saturated carbocycles. The molecule has 0 saturated heterocycles.